The Morgan fingerprint density at radius 2 is 2.00 bits per heavy atom. The molecule has 0 saturated carbocycles. The maximum absolute atomic E-state index is 12.2. The number of thioether (sulfide) groups is 1. The highest BCUT2D eigenvalue weighted by atomic mass is 32.2. The second-order valence-electron chi connectivity index (χ2n) is 5.75. The van der Waals surface area contributed by atoms with Gasteiger partial charge in [-0.3, -0.25) is 4.79 Å². The summed E-state index contributed by atoms with van der Waals surface area (Å²) in [5.41, 5.74) is 4.16. The van der Waals surface area contributed by atoms with Crippen molar-refractivity contribution in [3.05, 3.63) is 47.3 Å². The first-order valence-electron chi connectivity index (χ1n) is 8.45. The lowest BCUT2D eigenvalue weighted by Gasteiger charge is -2.05. The first-order chi connectivity index (χ1) is 12.6. The van der Waals surface area contributed by atoms with Crippen molar-refractivity contribution >= 4 is 34.1 Å². The molecule has 8 heteroatoms. The van der Waals surface area contributed by atoms with Crippen molar-refractivity contribution in [2.24, 2.45) is 0 Å². The standard InChI is InChI=1S/C18H21N5OS2/c1-4-25-18-21-20-17(26-18)19-16(24)11-10-15-12(2)22-23(13(15)3)14-8-6-5-7-9-14/h5-9H,4,10-11H2,1-3H3,(H,19,20,24). The third kappa shape index (κ3) is 4.31. The predicted octanol–water partition coefficient (Wildman–Crippen LogP) is 4.02. The predicted molar refractivity (Wildman–Crippen MR) is 106 cm³/mol. The zero-order valence-electron chi connectivity index (χ0n) is 15.0. The summed E-state index contributed by atoms with van der Waals surface area (Å²) < 4.78 is 2.81. The van der Waals surface area contributed by atoms with E-state index >= 15 is 0 Å². The normalized spacial score (nSPS) is 10.9. The van der Waals surface area contributed by atoms with Crippen molar-refractivity contribution < 1.29 is 4.79 Å². The molecule has 0 atom stereocenters. The molecule has 136 valence electrons. The van der Waals surface area contributed by atoms with Crippen LogP contribution in [0.2, 0.25) is 0 Å². The summed E-state index contributed by atoms with van der Waals surface area (Å²) in [5, 5.41) is 16.1. The fourth-order valence-corrected chi connectivity index (χ4v) is 4.38. The van der Waals surface area contributed by atoms with Gasteiger partial charge in [0.05, 0.1) is 11.4 Å². The molecular weight excluding hydrogens is 366 g/mol. The number of aromatic nitrogens is 4. The van der Waals surface area contributed by atoms with Crippen molar-refractivity contribution in [1.29, 1.82) is 0 Å². The Morgan fingerprint density at radius 3 is 2.73 bits per heavy atom. The molecule has 0 aliphatic carbocycles. The van der Waals surface area contributed by atoms with Gasteiger partial charge in [-0.15, -0.1) is 10.2 Å². The Morgan fingerprint density at radius 1 is 1.23 bits per heavy atom. The molecule has 0 aliphatic rings. The van der Waals surface area contributed by atoms with Gasteiger partial charge in [0.2, 0.25) is 11.0 Å². The number of para-hydroxylation sites is 1. The van der Waals surface area contributed by atoms with E-state index in [2.05, 4.69) is 27.5 Å². The molecule has 26 heavy (non-hydrogen) atoms. The molecular formula is C18H21N5OS2. The molecule has 6 nitrogen and oxygen atoms in total. The van der Waals surface area contributed by atoms with Crippen LogP contribution in [0, 0.1) is 13.8 Å². The molecule has 3 aromatic rings. The highest BCUT2D eigenvalue weighted by molar-refractivity contribution is 8.01. The van der Waals surface area contributed by atoms with E-state index in [-0.39, 0.29) is 5.91 Å². The number of nitrogens with one attached hydrogen (secondary N) is 1. The van der Waals surface area contributed by atoms with Gasteiger partial charge in [0.1, 0.15) is 0 Å². The van der Waals surface area contributed by atoms with Crippen LogP contribution in [0.3, 0.4) is 0 Å². The zero-order chi connectivity index (χ0) is 18.5. The monoisotopic (exact) mass is 387 g/mol. The summed E-state index contributed by atoms with van der Waals surface area (Å²) in [6.07, 6.45) is 1.03. The van der Waals surface area contributed by atoms with E-state index < -0.39 is 0 Å². The molecule has 0 bridgehead atoms. The number of carbonyl (C=O) groups is 1. The number of aryl methyl sites for hydroxylation is 1. The summed E-state index contributed by atoms with van der Waals surface area (Å²) >= 11 is 3.03. The van der Waals surface area contributed by atoms with Gasteiger partial charge in [0.25, 0.3) is 0 Å². The molecule has 1 aromatic carbocycles. The summed E-state index contributed by atoms with van der Waals surface area (Å²) in [4.78, 5) is 12.2. The fourth-order valence-electron chi connectivity index (χ4n) is 2.72. The van der Waals surface area contributed by atoms with E-state index in [0.717, 1.165) is 32.7 Å². The summed E-state index contributed by atoms with van der Waals surface area (Å²) in [6, 6.07) is 10.0. The number of hydrogen-bond donors (Lipinski definition) is 1. The van der Waals surface area contributed by atoms with Gasteiger partial charge >= 0.3 is 0 Å². The number of rotatable bonds is 7. The summed E-state index contributed by atoms with van der Waals surface area (Å²) in [7, 11) is 0. The average Bonchev–Trinajstić information content (AvgIpc) is 3.18. The topological polar surface area (TPSA) is 72.7 Å². The number of anilines is 1. The number of carbonyl (C=O) groups excluding carboxylic acids is 1. The fraction of sp³-hybridized carbons (Fsp3) is 0.333. The third-order valence-corrected chi connectivity index (χ3v) is 5.82. The van der Waals surface area contributed by atoms with Gasteiger partial charge in [0, 0.05) is 12.1 Å². The molecule has 0 saturated heterocycles. The van der Waals surface area contributed by atoms with Crippen LogP contribution in [-0.2, 0) is 11.2 Å². The van der Waals surface area contributed by atoms with E-state index in [1.165, 1.54) is 11.3 Å². The number of amides is 1. The van der Waals surface area contributed by atoms with Gasteiger partial charge in [-0.05, 0) is 43.7 Å². The molecule has 0 spiro atoms. The van der Waals surface area contributed by atoms with Gasteiger partial charge in [-0.2, -0.15) is 5.10 Å². The van der Waals surface area contributed by atoms with Crippen LogP contribution in [0.1, 0.15) is 30.3 Å². The average molecular weight is 388 g/mol. The van der Waals surface area contributed by atoms with Crippen LogP contribution in [0.25, 0.3) is 5.69 Å². The van der Waals surface area contributed by atoms with Crippen molar-refractivity contribution in [2.45, 2.75) is 38.0 Å². The van der Waals surface area contributed by atoms with E-state index in [1.807, 2.05) is 48.9 Å². The lowest BCUT2D eigenvalue weighted by atomic mass is 10.1. The second kappa shape index (κ2) is 8.46. The Bertz CT molecular complexity index is 888. The van der Waals surface area contributed by atoms with Crippen LogP contribution in [0.4, 0.5) is 5.13 Å². The SMILES string of the molecule is CCSc1nnc(NC(=O)CCc2c(C)nn(-c3ccccc3)c2C)s1. The van der Waals surface area contributed by atoms with E-state index in [1.54, 1.807) is 11.8 Å². The van der Waals surface area contributed by atoms with Crippen molar-refractivity contribution in [1.82, 2.24) is 20.0 Å². The van der Waals surface area contributed by atoms with E-state index in [4.69, 9.17) is 0 Å². The first kappa shape index (κ1) is 18.6. The molecule has 0 radical (unpaired) electrons. The molecule has 0 unspecified atom stereocenters. The van der Waals surface area contributed by atoms with Crippen LogP contribution >= 0.6 is 23.1 Å². The van der Waals surface area contributed by atoms with Crippen molar-refractivity contribution in [3.8, 4) is 5.69 Å². The number of nitrogens with zero attached hydrogens (tertiary/aromatic N) is 4. The van der Waals surface area contributed by atoms with Crippen LogP contribution in [0.5, 0.6) is 0 Å². The quantitative estimate of drug-likeness (QED) is 0.490. The van der Waals surface area contributed by atoms with Gasteiger partial charge < -0.3 is 5.32 Å². The Kier molecular flexibility index (Phi) is 6.05. The largest absolute Gasteiger partial charge is 0.300 e. The third-order valence-electron chi connectivity index (χ3n) is 3.96. The summed E-state index contributed by atoms with van der Waals surface area (Å²) in [5.74, 6) is 0.882. The minimum Gasteiger partial charge on any atom is -0.300 e. The first-order valence-corrected chi connectivity index (χ1v) is 10.3. The van der Waals surface area contributed by atoms with Gasteiger partial charge in [-0.25, -0.2) is 4.68 Å². The molecule has 1 amide bonds. The lowest BCUT2D eigenvalue weighted by Crippen LogP contribution is -2.12. The highest BCUT2D eigenvalue weighted by Gasteiger charge is 2.15. The number of benzene rings is 1. The van der Waals surface area contributed by atoms with Crippen molar-refractivity contribution in [3.63, 3.8) is 0 Å². The molecule has 2 aromatic heterocycles. The molecule has 0 fully saturated rings. The van der Waals surface area contributed by atoms with Crippen LogP contribution in [0.15, 0.2) is 34.7 Å². The molecule has 0 aliphatic heterocycles. The molecule has 1 N–H and O–H groups in total. The minimum atomic E-state index is -0.0551. The van der Waals surface area contributed by atoms with E-state index in [9.17, 15) is 4.79 Å². The van der Waals surface area contributed by atoms with E-state index in [0.29, 0.717) is 18.0 Å². The smallest absolute Gasteiger partial charge is 0.226 e. The number of hydrogen-bond acceptors (Lipinski definition) is 6. The summed E-state index contributed by atoms with van der Waals surface area (Å²) in [6.45, 7) is 6.09. The van der Waals surface area contributed by atoms with Gasteiger partial charge in [-0.1, -0.05) is 48.2 Å². The second-order valence-corrected chi connectivity index (χ2v) is 8.24. The highest BCUT2D eigenvalue weighted by Crippen LogP contribution is 2.25. The zero-order valence-corrected chi connectivity index (χ0v) is 16.7. The minimum absolute atomic E-state index is 0.0551. The van der Waals surface area contributed by atoms with Crippen molar-refractivity contribution in [2.75, 3.05) is 11.1 Å². The molecule has 2 heterocycles. The molecule has 3 rings (SSSR count). The maximum Gasteiger partial charge on any atom is 0.226 e. The van der Waals surface area contributed by atoms with Crippen LogP contribution in [-0.4, -0.2) is 31.6 Å². The Labute approximate surface area is 161 Å². The maximum atomic E-state index is 12.2. The lowest BCUT2D eigenvalue weighted by molar-refractivity contribution is -0.116. The van der Waals surface area contributed by atoms with Gasteiger partial charge in [0.15, 0.2) is 4.34 Å². The van der Waals surface area contributed by atoms with Crippen LogP contribution < -0.4 is 5.32 Å². The Hall–Kier alpha value is -2.19. The Balaban J connectivity index is 1.64.